The normalized spacial score (nSPS) is 14.0. The zero-order valence-electron chi connectivity index (χ0n) is 28.0. The Labute approximate surface area is 278 Å². The van der Waals surface area contributed by atoms with E-state index in [9.17, 15) is 5.11 Å². The number of aliphatic hydroxyl groups excluding tert-OH is 1. The highest BCUT2D eigenvalue weighted by molar-refractivity contribution is 5.92. The zero-order valence-corrected chi connectivity index (χ0v) is 28.0. The molecule has 5 heteroatoms. The number of aliphatic hydroxyl groups is 1. The van der Waals surface area contributed by atoms with Gasteiger partial charge in [-0.25, -0.2) is 0 Å². The van der Waals surface area contributed by atoms with Gasteiger partial charge in [0, 0.05) is 35.2 Å². The van der Waals surface area contributed by atoms with Crippen molar-refractivity contribution in [2.45, 2.75) is 78.0 Å². The number of nitrogens with zero attached hydrogens (tertiary/aromatic N) is 2. The molecular weight excluding hydrogens is 580 g/mol. The molecule has 1 N–H and O–H groups in total. The van der Waals surface area contributed by atoms with E-state index in [1.54, 1.807) is 14.2 Å². The SMILES string of the molecule is COc1cc2c(c3c1cc(C)n3Cc1ccccc1)CCCC2.COc1cc2c(c3c1cc(CO)n3Cc1ccccc1)CCCC2. The van der Waals surface area contributed by atoms with E-state index in [4.69, 9.17) is 9.47 Å². The van der Waals surface area contributed by atoms with E-state index >= 15 is 0 Å². The second-order valence-electron chi connectivity index (χ2n) is 13.1. The first-order valence-electron chi connectivity index (χ1n) is 17.2. The highest BCUT2D eigenvalue weighted by Crippen LogP contribution is 2.39. The van der Waals surface area contributed by atoms with E-state index in [1.165, 1.54) is 94.0 Å². The fourth-order valence-corrected chi connectivity index (χ4v) is 7.88. The van der Waals surface area contributed by atoms with E-state index in [0.717, 1.165) is 48.5 Å². The summed E-state index contributed by atoms with van der Waals surface area (Å²) >= 11 is 0. The van der Waals surface area contributed by atoms with Gasteiger partial charge in [-0.1, -0.05) is 60.7 Å². The number of aromatic nitrogens is 2. The molecule has 0 saturated carbocycles. The molecule has 4 aromatic carbocycles. The van der Waals surface area contributed by atoms with E-state index < -0.39 is 0 Å². The van der Waals surface area contributed by atoms with Crippen LogP contribution >= 0.6 is 0 Å². The van der Waals surface area contributed by atoms with E-state index in [1.807, 2.05) is 6.07 Å². The van der Waals surface area contributed by atoms with Gasteiger partial charge in [-0.2, -0.15) is 0 Å². The maximum Gasteiger partial charge on any atom is 0.128 e. The van der Waals surface area contributed by atoms with Crippen LogP contribution in [0.2, 0.25) is 0 Å². The van der Waals surface area contributed by atoms with Crippen molar-refractivity contribution in [3.05, 3.63) is 130 Å². The molecular formula is C42H46N2O3. The predicted molar refractivity (Wildman–Crippen MR) is 192 cm³/mol. The molecule has 0 saturated heterocycles. The van der Waals surface area contributed by atoms with Gasteiger partial charge < -0.3 is 23.7 Å². The molecule has 2 aromatic heterocycles. The molecule has 0 fully saturated rings. The number of rotatable bonds is 7. The number of fused-ring (bicyclic) bond motifs is 6. The fourth-order valence-electron chi connectivity index (χ4n) is 7.88. The summed E-state index contributed by atoms with van der Waals surface area (Å²) in [4.78, 5) is 0. The molecule has 47 heavy (non-hydrogen) atoms. The van der Waals surface area contributed by atoms with Crippen LogP contribution in [0, 0.1) is 6.92 Å². The van der Waals surface area contributed by atoms with Gasteiger partial charge in [-0.15, -0.1) is 0 Å². The fraction of sp³-hybridized carbons (Fsp3) is 0.333. The predicted octanol–water partition coefficient (Wildman–Crippen LogP) is 8.95. The molecule has 0 radical (unpaired) electrons. The van der Waals surface area contributed by atoms with Crippen molar-refractivity contribution in [1.82, 2.24) is 9.13 Å². The highest BCUT2D eigenvalue weighted by Gasteiger charge is 2.22. The summed E-state index contributed by atoms with van der Waals surface area (Å²) < 4.78 is 16.1. The van der Waals surface area contributed by atoms with Crippen LogP contribution in [0.25, 0.3) is 21.8 Å². The van der Waals surface area contributed by atoms with Crippen LogP contribution in [0.3, 0.4) is 0 Å². The third-order valence-corrected chi connectivity index (χ3v) is 10.2. The Morgan fingerprint density at radius 2 is 1.06 bits per heavy atom. The van der Waals surface area contributed by atoms with Gasteiger partial charge in [0.1, 0.15) is 11.5 Å². The standard InChI is InChI=1S/C21H23NO2.C21H23NO/c1-24-20-11-16-9-5-6-10-18(16)21-19(20)12-17(14-23)22(21)13-15-7-3-2-4-8-15;1-15-12-19-20(23-2)13-17-10-6-7-11-18(17)21(19)22(15)14-16-8-4-3-5-9-16/h2-4,7-8,11-12,23H,5-6,9-10,13-14H2,1H3;3-5,8-9,12-13H,6-7,10-11,14H2,1-2H3. The van der Waals surface area contributed by atoms with Crippen LogP contribution in [0.4, 0.5) is 0 Å². The molecule has 0 spiro atoms. The van der Waals surface area contributed by atoms with Crippen molar-refractivity contribution < 1.29 is 14.6 Å². The van der Waals surface area contributed by atoms with Crippen molar-refractivity contribution in [2.24, 2.45) is 0 Å². The molecule has 0 aliphatic heterocycles. The smallest absolute Gasteiger partial charge is 0.128 e. The van der Waals surface area contributed by atoms with Crippen molar-refractivity contribution >= 4 is 21.8 Å². The van der Waals surface area contributed by atoms with Gasteiger partial charge in [0.15, 0.2) is 0 Å². The Balaban J connectivity index is 0.000000150. The zero-order chi connectivity index (χ0) is 32.3. The van der Waals surface area contributed by atoms with Gasteiger partial charge in [0.05, 0.1) is 31.9 Å². The highest BCUT2D eigenvalue weighted by atomic mass is 16.5. The third-order valence-electron chi connectivity index (χ3n) is 10.2. The summed E-state index contributed by atoms with van der Waals surface area (Å²) in [5.41, 5.74) is 13.3. The lowest BCUT2D eigenvalue weighted by molar-refractivity contribution is 0.272. The maximum atomic E-state index is 9.90. The minimum Gasteiger partial charge on any atom is -0.496 e. The lowest BCUT2D eigenvalue weighted by Gasteiger charge is -2.20. The summed E-state index contributed by atoms with van der Waals surface area (Å²) in [6.07, 6.45) is 9.66. The molecule has 242 valence electrons. The quantitative estimate of drug-likeness (QED) is 0.192. The minimum absolute atomic E-state index is 0.0411. The summed E-state index contributed by atoms with van der Waals surface area (Å²) in [5.74, 6) is 1.95. The summed E-state index contributed by atoms with van der Waals surface area (Å²) in [6, 6.07) is 30.0. The van der Waals surface area contributed by atoms with E-state index in [2.05, 4.69) is 94.9 Å². The van der Waals surface area contributed by atoms with E-state index in [0.29, 0.717) is 0 Å². The molecule has 0 unspecified atom stereocenters. The molecule has 2 heterocycles. The molecule has 6 aromatic rings. The second-order valence-corrected chi connectivity index (χ2v) is 13.1. The van der Waals surface area contributed by atoms with Crippen LogP contribution in [0.1, 0.15) is 70.5 Å². The molecule has 8 rings (SSSR count). The molecule has 5 nitrogen and oxygen atoms in total. The third kappa shape index (κ3) is 6.05. The van der Waals surface area contributed by atoms with Crippen LogP contribution in [0.15, 0.2) is 84.9 Å². The first kappa shape index (κ1) is 31.1. The van der Waals surface area contributed by atoms with Crippen LogP contribution in [0.5, 0.6) is 11.5 Å². The molecule has 2 aliphatic rings. The Morgan fingerprint density at radius 1 is 0.596 bits per heavy atom. The minimum atomic E-state index is 0.0411. The van der Waals surface area contributed by atoms with Crippen LogP contribution in [-0.2, 0) is 45.4 Å². The lowest BCUT2D eigenvalue weighted by atomic mass is 9.89. The molecule has 2 aliphatic carbocycles. The van der Waals surface area contributed by atoms with Crippen molar-refractivity contribution in [3.63, 3.8) is 0 Å². The second kappa shape index (κ2) is 13.7. The first-order valence-corrected chi connectivity index (χ1v) is 17.2. The Kier molecular flexibility index (Phi) is 9.08. The summed E-state index contributed by atoms with van der Waals surface area (Å²) in [7, 11) is 3.52. The van der Waals surface area contributed by atoms with Crippen molar-refractivity contribution in [2.75, 3.05) is 14.2 Å². The average Bonchev–Trinajstić information content (AvgIpc) is 3.66. The molecule has 0 atom stereocenters. The van der Waals surface area contributed by atoms with Gasteiger partial charge in [0.25, 0.3) is 0 Å². The number of ether oxygens (including phenoxy) is 2. The number of methoxy groups -OCH3 is 2. The van der Waals surface area contributed by atoms with E-state index in [-0.39, 0.29) is 6.61 Å². The monoisotopic (exact) mass is 626 g/mol. The topological polar surface area (TPSA) is 48.6 Å². The lowest BCUT2D eigenvalue weighted by Crippen LogP contribution is -2.09. The largest absolute Gasteiger partial charge is 0.496 e. The van der Waals surface area contributed by atoms with Crippen LogP contribution in [-0.4, -0.2) is 28.5 Å². The average molecular weight is 627 g/mol. The number of benzene rings is 4. The Morgan fingerprint density at radius 3 is 1.57 bits per heavy atom. The Bertz CT molecular complexity index is 2000. The summed E-state index contributed by atoms with van der Waals surface area (Å²) in [6.45, 7) is 3.95. The number of hydrogen-bond acceptors (Lipinski definition) is 3. The summed E-state index contributed by atoms with van der Waals surface area (Å²) in [5, 5.41) is 12.3. The maximum absolute atomic E-state index is 9.90. The molecule has 0 amide bonds. The Hall–Kier alpha value is -4.48. The van der Waals surface area contributed by atoms with Gasteiger partial charge in [0.2, 0.25) is 0 Å². The molecule has 0 bridgehead atoms. The van der Waals surface area contributed by atoms with Crippen molar-refractivity contribution in [1.29, 1.82) is 0 Å². The van der Waals surface area contributed by atoms with Crippen LogP contribution < -0.4 is 9.47 Å². The van der Waals surface area contributed by atoms with Gasteiger partial charge >= 0.3 is 0 Å². The van der Waals surface area contributed by atoms with Gasteiger partial charge in [-0.05, 0) is 116 Å². The number of hydrogen-bond donors (Lipinski definition) is 1. The number of aryl methyl sites for hydroxylation is 5. The van der Waals surface area contributed by atoms with Gasteiger partial charge in [-0.3, -0.25) is 0 Å². The first-order chi connectivity index (χ1) is 23.1. The van der Waals surface area contributed by atoms with Crippen molar-refractivity contribution in [3.8, 4) is 11.5 Å².